The topological polar surface area (TPSA) is 29.3 Å². The Labute approximate surface area is 116 Å². The molecule has 1 aromatic carbocycles. The Morgan fingerprint density at radius 1 is 1.05 bits per heavy atom. The maximum Gasteiger partial charge on any atom is 0.146 e. The van der Waals surface area contributed by atoms with E-state index >= 15 is 0 Å². The summed E-state index contributed by atoms with van der Waals surface area (Å²) in [4.78, 5) is 2.13. The van der Waals surface area contributed by atoms with E-state index in [1.807, 2.05) is 19.1 Å². The van der Waals surface area contributed by atoms with E-state index in [0.29, 0.717) is 17.5 Å². The van der Waals surface area contributed by atoms with Crippen LogP contribution in [0.1, 0.15) is 46.2 Å². The number of halogens is 1. The first-order chi connectivity index (χ1) is 8.81. The van der Waals surface area contributed by atoms with Crippen molar-refractivity contribution < 1.29 is 4.39 Å². The number of nitrogens with two attached hydrogens (primary N) is 1. The van der Waals surface area contributed by atoms with E-state index in [1.165, 1.54) is 0 Å². The molecule has 0 aromatic heterocycles. The van der Waals surface area contributed by atoms with Crippen molar-refractivity contribution in [2.24, 2.45) is 17.6 Å². The Balaban J connectivity index is 3.01. The van der Waals surface area contributed by atoms with Gasteiger partial charge in [0.15, 0.2) is 0 Å². The molecule has 2 N–H and O–H groups in total. The van der Waals surface area contributed by atoms with Crippen molar-refractivity contribution in [3.05, 3.63) is 29.6 Å². The summed E-state index contributed by atoms with van der Waals surface area (Å²) in [5, 5.41) is 0. The van der Waals surface area contributed by atoms with Crippen molar-refractivity contribution in [2.75, 3.05) is 18.0 Å². The second kappa shape index (κ2) is 6.90. The first kappa shape index (κ1) is 16.0. The van der Waals surface area contributed by atoms with Crippen molar-refractivity contribution in [1.82, 2.24) is 0 Å². The lowest BCUT2D eigenvalue weighted by atomic mass is 10.1. The fraction of sp³-hybridized carbons (Fsp3) is 0.625. The number of hydrogen-bond acceptors (Lipinski definition) is 2. The quantitative estimate of drug-likeness (QED) is 0.844. The van der Waals surface area contributed by atoms with Gasteiger partial charge in [-0.25, -0.2) is 4.39 Å². The van der Waals surface area contributed by atoms with Crippen LogP contribution < -0.4 is 10.6 Å². The van der Waals surface area contributed by atoms with Gasteiger partial charge in [0.05, 0.1) is 5.69 Å². The van der Waals surface area contributed by atoms with Crippen LogP contribution >= 0.6 is 0 Å². The molecule has 0 heterocycles. The van der Waals surface area contributed by atoms with Gasteiger partial charge < -0.3 is 10.6 Å². The Morgan fingerprint density at radius 3 is 1.95 bits per heavy atom. The lowest BCUT2D eigenvalue weighted by molar-refractivity contribution is 0.537. The molecule has 19 heavy (non-hydrogen) atoms. The zero-order valence-corrected chi connectivity index (χ0v) is 12.8. The van der Waals surface area contributed by atoms with Crippen LogP contribution in [-0.2, 0) is 0 Å². The summed E-state index contributed by atoms with van der Waals surface area (Å²) in [6, 6.07) is 5.22. The maximum atomic E-state index is 14.3. The van der Waals surface area contributed by atoms with Crippen molar-refractivity contribution in [3.63, 3.8) is 0 Å². The minimum atomic E-state index is -0.170. The normalized spacial score (nSPS) is 13.1. The molecule has 0 aliphatic carbocycles. The standard InChI is InChI=1S/C16H27FN2/c1-11(2)9-19(10-12(3)4)16-7-6-14(13(5)18)8-15(16)17/h6-8,11-13H,9-10,18H2,1-5H3. The van der Waals surface area contributed by atoms with E-state index in [4.69, 9.17) is 5.73 Å². The van der Waals surface area contributed by atoms with Crippen molar-refractivity contribution in [1.29, 1.82) is 0 Å². The third-order valence-electron chi connectivity index (χ3n) is 3.01. The number of benzene rings is 1. The summed E-state index contributed by atoms with van der Waals surface area (Å²) in [6.45, 7) is 12.2. The summed E-state index contributed by atoms with van der Waals surface area (Å²) in [5.74, 6) is 0.841. The van der Waals surface area contributed by atoms with Crippen LogP contribution in [0.25, 0.3) is 0 Å². The van der Waals surface area contributed by atoms with E-state index < -0.39 is 0 Å². The van der Waals surface area contributed by atoms with E-state index in [2.05, 4.69) is 32.6 Å². The van der Waals surface area contributed by atoms with Gasteiger partial charge >= 0.3 is 0 Å². The first-order valence-electron chi connectivity index (χ1n) is 7.11. The summed E-state index contributed by atoms with van der Waals surface area (Å²) < 4.78 is 14.3. The monoisotopic (exact) mass is 266 g/mol. The summed E-state index contributed by atoms with van der Waals surface area (Å²) in [7, 11) is 0. The van der Waals surface area contributed by atoms with E-state index in [9.17, 15) is 4.39 Å². The average molecular weight is 266 g/mol. The Kier molecular flexibility index (Phi) is 5.80. The van der Waals surface area contributed by atoms with E-state index in [-0.39, 0.29) is 11.9 Å². The molecular formula is C16H27FN2. The molecule has 3 heteroatoms. The van der Waals surface area contributed by atoms with Crippen molar-refractivity contribution >= 4 is 5.69 Å². The third-order valence-corrected chi connectivity index (χ3v) is 3.01. The predicted octanol–water partition coefficient (Wildman–Crippen LogP) is 3.96. The highest BCUT2D eigenvalue weighted by Gasteiger charge is 2.15. The van der Waals surface area contributed by atoms with Crippen LogP contribution in [0.4, 0.5) is 10.1 Å². The SMILES string of the molecule is CC(C)CN(CC(C)C)c1ccc(C(C)N)cc1F. The fourth-order valence-corrected chi connectivity index (χ4v) is 2.22. The molecule has 0 aliphatic rings. The summed E-state index contributed by atoms with van der Waals surface area (Å²) in [5.41, 5.74) is 7.32. The summed E-state index contributed by atoms with van der Waals surface area (Å²) >= 11 is 0. The maximum absolute atomic E-state index is 14.3. The van der Waals surface area contributed by atoms with Crippen molar-refractivity contribution in [2.45, 2.75) is 40.7 Å². The summed E-state index contributed by atoms with van der Waals surface area (Å²) in [6.07, 6.45) is 0. The highest BCUT2D eigenvalue weighted by atomic mass is 19.1. The zero-order chi connectivity index (χ0) is 14.6. The molecule has 1 unspecified atom stereocenters. The van der Waals surface area contributed by atoms with Gasteiger partial charge in [-0.1, -0.05) is 33.8 Å². The smallest absolute Gasteiger partial charge is 0.146 e. The minimum Gasteiger partial charge on any atom is -0.369 e. The zero-order valence-electron chi connectivity index (χ0n) is 12.8. The van der Waals surface area contributed by atoms with Gasteiger partial charge in [0.1, 0.15) is 5.82 Å². The lowest BCUT2D eigenvalue weighted by Gasteiger charge is -2.29. The molecule has 0 radical (unpaired) electrons. The second-order valence-electron chi connectivity index (χ2n) is 6.19. The van der Waals surface area contributed by atoms with E-state index in [0.717, 1.165) is 18.7 Å². The molecule has 0 saturated carbocycles. The van der Waals surface area contributed by atoms with Gasteiger partial charge in [-0.15, -0.1) is 0 Å². The predicted molar refractivity (Wildman–Crippen MR) is 80.9 cm³/mol. The van der Waals surface area contributed by atoms with Gasteiger partial charge in [-0.05, 0) is 36.5 Å². The molecule has 108 valence electrons. The van der Waals surface area contributed by atoms with Gasteiger partial charge in [-0.2, -0.15) is 0 Å². The van der Waals surface area contributed by atoms with Gasteiger partial charge in [0, 0.05) is 19.1 Å². The van der Waals surface area contributed by atoms with Crippen LogP contribution in [0.2, 0.25) is 0 Å². The highest BCUT2D eigenvalue weighted by molar-refractivity contribution is 5.49. The van der Waals surface area contributed by atoms with Crippen LogP contribution in [0, 0.1) is 17.7 Å². The lowest BCUT2D eigenvalue weighted by Crippen LogP contribution is -2.32. The molecule has 0 bridgehead atoms. The molecule has 0 amide bonds. The fourth-order valence-electron chi connectivity index (χ4n) is 2.22. The van der Waals surface area contributed by atoms with E-state index in [1.54, 1.807) is 6.07 Å². The molecule has 0 spiro atoms. The molecule has 0 saturated heterocycles. The largest absolute Gasteiger partial charge is 0.369 e. The Morgan fingerprint density at radius 2 is 1.58 bits per heavy atom. The number of nitrogens with zero attached hydrogens (tertiary/aromatic N) is 1. The molecule has 1 rings (SSSR count). The van der Waals surface area contributed by atoms with Crippen LogP contribution in [0.3, 0.4) is 0 Å². The Bertz CT molecular complexity index is 390. The molecule has 2 nitrogen and oxygen atoms in total. The van der Waals surface area contributed by atoms with Gasteiger partial charge in [0.2, 0.25) is 0 Å². The number of anilines is 1. The molecule has 1 atom stereocenters. The van der Waals surface area contributed by atoms with Crippen LogP contribution in [0.5, 0.6) is 0 Å². The van der Waals surface area contributed by atoms with Gasteiger partial charge in [-0.3, -0.25) is 0 Å². The third kappa shape index (κ3) is 4.83. The minimum absolute atomic E-state index is 0.132. The highest BCUT2D eigenvalue weighted by Crippen LogP contribution is 2.24. The van der Waals surface area contributed by atoms with Crippen LogP contribution in [0.15, 0.2) is 18.2 Å². The first-order valence-corrected chi connectivity index (χ1v) is 7.11. The molecule has 0 aliphatic heterocycles. The van der Waals surface area contributed by atoms with Crippen molar-refractivity contribution in [3.8, 4) is 0 Å². The van der Waals surface area contributed by atoms with Gasteiger partial charge in [0.25, 0.3) is 0 Å². The molecule has 0 fully saturated rings. The Hall–Kier alpha value is -1.09. The second-order valence-corrected chi connectivity index (χ2v) is 6.19. The molecule has 1 aromatic rings. The average Bonchev–Trinajstić information content (AvgIpc) is 2.26. The number of rotatable bonds is 6. The van der Waals surface area contributed by atoms with Crippen LogP contribution in [-0.4, -0.2) is 13.1 Å². The molecular weight excluding hydrogens is 239 g/mol. The number of hydrogen-bond donors (Lipinski definition) is 1.